The first-order valence-electron chi connectivity index (χ1n) is 12.1. The van der Waals surface area contributed by atoms with Crippen molar-refractivity contribution in [3.05, 3.63) is 51.8 Å². The molecule has 6 nitrogen and oxygen atoms in total. The molecule has 34 heavy (non-hydrogen) atoms. The van der Waals surface area contributed by atoms with Gasteiger partial charge in [0.15, 0.2) is 5.78 Å². The number of aryl methyl sites for hydroxylation is 1. The van der Waals surface area contributed by atoms with Gasteiger partial charge in [-0.3, -0.25) is 14.4 Å². The molecule has 1 aromatic carbocycles. The summed E-state index contributed by atoms with van der Waals surface area (Å²) in [5.74, 6) is 5.30. The number of unbranched alkanes of at least 4 members (excludes halogenated alkanes) is 4. The first kappa shape index (κ1) is 23.6. The van der Waals surface area contributed by atoms with E-state index >= 15 is 0 Å². The maximum Gasteiger partial charge on any atom is 0.303 e. The zero-order valence-electron chi connectivity index (χ0n) is 19.6. The van der Waals surface area contributed by atoms with Crippen LogP contribution in [-0.4, -0.2) is 27.8 Å². The number of H-pyrrole nitrogens is 1. The summed E-state index contributed by atoms with van der Waals surface area (Å²) in [6, 6.07) is 5.70. The maximum atomic E-state index is 12.8. The molecular weight excluding hydrogens is 428 g/mol. The number of ketones is 1. The number of fused-ring (bicyclic) bond motifs is 2. The van der Waals surface area contributed by atoms with Crippen molar-refractivity contribution in [2.75, 3.05) is 5.32 Å². The summed E-state index contributed by atoms with van der Waals surface area (Å²) in [7, 11) is 0. The number of hydrogen-bond acceptors (Lipinski definition) is 3. The molecule has 1 aliphatic heterocycles. The predicted octanol–water partition coefficient (Wildman–Crippen LogP) is 5.37. The smallest absolute Gasteiger partial charge is 0.303 e. The Morgan fingerprint density at radius 2 is 2.03 bits per heavy atom. The topological polar surface area (TPSA) is 99.3 Å². The van der Waals surface area contributed by atoms with Crippen molar-refractivity contribution in [3.63, 3.8) is 0 Å². The van der Waals surface area contributed by atoms with Gasteiger partial charge in [0.1, 0.15) is 0 Å². The van der Waals surface area contributed by atoms with Crippen LogP contribution < -0.4 is 5.32 Å². The fourth-order valence-corrected chi connectivity index (χ4v) is 4.67. The van der Waals surface area contributed by atoms with Gasteiger partial charge in [0.05, 0.1) is 11.3 Å². The number of aliphatic carboxylic acids is 1. The van der Waals surface area contributed by atoms with Crippen molar-refractivity contribution < 1.29 is 19.5 Å². The Morgan fingerprint density at radius 1 is 1.18 bits per heavy atom. The summed E-state index contributed by atoms with van der Waals surface area (Å²) >= 11 is 0. The van der Waals surface area contributed by atoms with Crippen molar-refractivity contribution in [1.82, 2.24) is 4.98 Å². The number of Topliss-reactive ketones (excluding diaryl/α,β-unsaturated/α-hetero) is 1. The zero-order valence-corrected chi connectivity index (χ0v) is 19.6. The predicted molar refractivity (Wildman–Crippen MR) is 133 cm³/mol. The Labute approximate surface area is 199 Å². The number of aromatic amines is 1. The van der Waals surface area contributed by atoms with Crippen LogP contribution in [-0.2, 0) is 22.4 Å². The van der Waals surface area contributed by atoms with E-state index < -0.39 is 5.97 Å². The number of carbonyl (C=O) groups is 3. The number of carbonyl (C=O) groups excluding carboxylic acids is 2. The molecule has 0 radical (unpaired) electrons. The molecule has 0 saturated carbocycles. The third-order valence-corrected chi connectivity index (χ3v) is 6.39. The van der Waals surface area contributed by atoms with Crippen molar-refractivity contribution in [1.29, 1.82) is 0 Å². The van der Waals surface area contributed by atoms with E-state index in [1.165, 1.54) is 19.3 Å². The Balaban J connectivity index is 1.62. The first-order chi connectivity index (χ1) is 16.5. The van der Waals surface area contributed by atoms with E-state index in [2.05, 4.69) is 29.1 Å². The number of nitrogens with one attached hydrogen (secondary N) is 2. The highest BCUT2D eigenvalue weighted by atomic mass is 16.4. The lowest BCUT2D eigenvalue weighted by atomic mass is 9.91. The molecule has 1 aliphatic carbocycles. The molecule has 2 aliphatic rings. The van der Waals surface area contributed by atoms with Gasteiger partial charge in [-0.2, -0.15) is 0 Å². The molecule has 4 rings (SSSR count). The molecule has 1 amide bonds. The minimum absolute atomic E-state index is 0.0386. The molecule has 3 N–H and O–H groups in total. The fourth-order valence-electron chi connectivity index (χ4n) is 4.67. The minimum Gasteiger partial charge on any atom is -0.481 e. The van der Waals surface area contributed by atoms with Crippen LogP contribution in [0, 0.1) is 11.8 Å². The first-order valence-corrected chi connectivity index (χ1v) is 12.1. The van der Waals surface area contributed by atoms with E-state index in [-0.39, 0.29) is 24.5 Å². The average Bonchev–Trinajstić information content (AvgIpc) is 3.32. The van der Waals surface area contributed by atoms with E-state index in [0.29, 0.717) is 34.5 Å². The normalized spacial score (nSPS) is 15.5. The maximum absolute atomic E-state index is 12.8. The standard InChI is InChI=1S/C28H30N2O4/c1-2-3-4-5-6-7-9-18-12-13-19-21(28(34)30-23(19)16-18)17-24-20(14-15-26(32)33)27-22(29-24)10-8-11-25(27)31/h12-13,16-17,29H,2-6,8,10-11,14-15H2,1H3,(H,30,34)(H,32,33)/b21-17-. The Morgan fingerprint density at radius 3 is 2.82 bits per heavy atom. The molecule has 2 aromatic rings. The molecule has 6 heteroatoms. The van der Waals surface area contributed by atoms with Gasteiger partial charge >= 0.3 is 5.97 Å². The number of carboxylic acids is 1. The number of anilines is 1. The lowest BCUT2D eigenvalue weighted by Crippen LogP contribution is -2.11. The van der Waals surface area contributed by atoms with Gasteiger partial charge < -0.3 is 15.4 Å². The molecule has 0 saturated heterocycles. The van der Waals surface area contributed by atoms with Crippen molar-refractivity contribution >= 4 is 35.0 Å². The van der Waals surface area contributed by atoms with E-state index in [0.717, 1.165) is 42.5 Å². The number of rotatable bonds is 8. The lowest BCUT2D eigenvalue weighted by Gasteiger charge is -2.11. The summed E-state index contributed by atoms with van der Waals surface area (Å²) in [5.41, 5.74) is 5.65. The second kappa shape index (κ2) is 10.6. The molecule has 0 fully saturated rings. The molecule has 0 unspecified atom stereocenters. The van der Waals surface area contributed by atoms with Crippen LogP contribution in [0.3, 0.4) is 0 Å². The monoisotopic (exact) mass is 458 g/mol. The van der Waals surface area contributed by atoms with Gasteiger partial charge in [0.2, 0.25) is 0 Å². The van der Waals surface area contributed by atoms with Gasteiger partial charge in [-0.05, 0) is 49.5 Å². The molecule has 1 aromatic heterocycles. The second-order valence-corrected chi connectivity index (χ2v) is 8.93. The van der Waals surface area contributed by atoms with Crippen LogP contribution in [0.1, 0.15) is 96.7 Å². The fraction of sp³-hybridized carbons (Fsp3) is 0.393. The van der Waals surface area contributed by atoms with Gasteiger partial charge in [-0.1, -0.05) is 44.1 Å². The van der Waals surface area contributed by atoms with Crippen LogP contribution in [0.25, 0.3) is 11.6 Å². The van der Waals surface area contributed by atoms with Gasteiger partial charge in [-0.25, -0.2) is 0 Å². The molecule has 2 heterocycles. The lowest BCUT2D eigenvalue weighted by molar-refractivity contribution is -0.137. The molecule has 0 atom stereocenters. The largest absolute Gasteiger partial charge is 0.481 e. The SMILES string of the molecule is CCCCCCC#Cc1ccc2c(c1)NC(=O)/C2=C\c1[nH]c2c(c1CCC(=O)O)C(=O)CCC2. The van der Waals surface area contributed by atoms with Crippen molar-refractivity contribution in [2.45, 2.75) is 71.1 Å². The van der Waals surface area contributed by atoms with E-state index in [1.807, 2.05) is 18.2 Å². The average molecular weight is 459 g/mol. The summed E-state index contributed by atoms with van der Waals surface area (Å²) in [4.78, 5) is 39.9. The minimum atomic E-state index is -0.917. The number of hydrogen-bond donors (Lipinski definition) is 3. The van der Waals surface area contributed by atoms with E-state index in [1.54, 1.807) is 6.08 Å². The van der Waals surface area contributed by atoms with Crippen LogP contribution in [0.15, 0.2) is 18.2 Å². The van der Waals surface area contributed by atoms with Crippen LogP contribution in [0.4, 0.5) is 5.69 Å². The number of aromatic nitrogens is 1. The van der Waals surface area contributed by atoms with Gasteiger partial charge in [-0.15, -0.1) is 0 Å². The van der Waals surface area contributed by atoms with E-state index in [9.17, 15) is 19.5 Å². The highest BCUT2D eigenvalue weighted by Gasteiger charge is 2.28. The molecule has 0 bridgehead atoms. The molecular formula is C28H30N2O4. The van der Waals surface area contributed by atoms with Crippen LogP contribution in [0.5, 0.6) is 0 Å². The Bertz CT molecular complexity index is 1220. The second-order valence-electron chi connectivity index (χ2n) is 8.93. The highest BCUT2D eigenvalue weighted by Crippen LogP contribution is 2.36. The Kier molecular flexibility index (Phi) is 7.32. The molecule has 0 spiro atoms. The Hall–Kier alpha value is -3.59. The third-order valence-electron chi connectivity index (χ3n) is 6.39. The summed E-state index contributed by atoms with van der Waals surface area (Å²) in [6.07, 6.45) is 9.50. The van der Waals surface area contributed by atoms with Crippen molar-refractivity contribution in [3.8, 4) is 11.8 Å². The number of carboxylic acid groups (broad SMARTS) is 1. The molecule has 176 valence electrons. The summed E-state index contributed by atoms with van der Waals surface area (Å²) in [5, 5.41) is 12.1. The zero-order chi connectivity index (χ0) is 24.1. The van der Waals surface area contributed by atoms with Crippen LogP contribution in [0.2, 0.25) is 0 Å². The van der Waals surface area contributed by atoms with Crippen molar-refractivity contribution in [2.24, 2.45) is 0 Å². The number of benzene rings is 1. The summed E-state index contributed by atoms with van der Waals surface area (Å²) < 4.78 is 0. The number of amides is 1. The van der Waals surface area contributed by atoms with Gasteiger partial charge in [0.25, 0.3) is 5.91 Å². The van der Waals surface area contributed by atoms with Gasteiger partial charge in [0, 0.05) is 47.3 Å². The quantitative estimate of drug-likeness (QED) is 0.281. The summed E-state index contributed by atoms with van der Waals surface area (Å²) in [6.45, 7) is 2.19. The van der Waals surface area contributed by atoms with E-state index in [4.69, 9.17) is 0 Å². The highest BCUT2D eigenvalue weighted by molar-refractivity contribution is 6.35. The third kappa shape index (κ3) is 5.14. The van der Waals surface area contributed by atoms with Crippen LogP contribution >= 0.6 is 0 Å².